The molecule has 0 aliphatic heterocycles. The Bertz CT molecular complexity index is 792. The minimum atomic E-state index is -1.07. The van der Waals surface area contributed by atoms with Gasteiger partial charge in [-0.25, -0.2) is 9.59 Å². The number of carbonyl (C=O) groups is 3. The number of benzene rings is 1. The van der Waals surface area contributed by atoms with Crippen LogP contribution in [0, 0.1) is 0 Å². The molecule has 1 aromatic heterocycles. The number of carbonyl (C=O) groups excluding carboxylic acids is 3. The summed E-state index contributed by atoms with van der Waals surface area (Å²) >= 11 is 0. The van der Waals surface area contributed by atoms with Crippen molar-refractivity contribution in [1.29, 1.82) is 0 Å². The molecule has 0 radical (unpaired) electrons. The number of aromatic nitrogens is 1. The van der Waals surface area contributed by atoms with E-state index in [0.29, 0.717) is 5.56 Å². The molecular weight excluding hydrogens is 322 g/mol. The molecule has 3 rings (SSSR count). The van der Waals surface area contributed by atoms with E-state index in [0.717, 1.165) is 36.6 Å². The van der Waals surface area contributed by atoms with Crippen LogP contribution in [0.1, 0.15) is 43.0 Å². The molecule has 3 N–H and O–H groups in total. The van der Waals surface area contributed by atoms with Crippen molar-refractivity contribution < 1.29 is 19.1 Å². The summed E-state index contributed by atoms with van der Waals surface area (Å²) in [5, 5.41) is 5.70. The average Bonchev–Trinajstić information content (AvgIpc) is 3.23. The quantitative estimate of drug-likeness (QED) is 0.743. The Morgan fingerprint density at radius 3 is 2.68 bits per heavy atom. The summed E-state index contributed by atoms with van der Waals surface area (Å²) in [6, 6.07) is 6.87. The van der Waals surface area contributed by atoms with E-state index in [1.54, 1.807) is 12.3 Å². The smallest absolute Gasteiger partial charge is 0.341 e. The summed E-state index contributed by atoms with van der Waals surface area (Å²) in [6.45, 7) is 1.44. The highest BCUT2D eigenvalue weighted by molar-refractivity contribution is 6.05. The second-order valence-electron chi connectivity index (χ2n) is 6.24. The Kier molecular flexibility index (Phi) is 5.02. The molecular formula is C18H21N3O4. The number of urea groups is 1. The fourth-order valence-corrected chi connectivity index (χ4v) is 3.02. The number of hydrogen-bond donors (Lipinski definition) is 3. The average molecular weight is 343 g/mol. The highest BCUT2D eigenvalue weighted by atomic mass is 16.5. The molecule has 0 saturated heterocycles. The van der Waals surface area contributed by atoms with E-state index < -0.39 is 24.0 Å². The summed E-state index contributed by atoms with van der Waals surface area (Å²) < 4.78 is 5.18. The van der Waals surface area contributed by atoms with Crippen LogP contribution in [0.5, 0.6) is 0 Å². The fourth-order valence-electron chi connectivity index (χ4n) is 3.02. The third kappa shape index (κ3) is 3.99. The molecule has 25 heavy (non-hydrogen) atoms. The Hall–Kier alpha value is -2.83. The number of hydrogen-bond acceptors (Lipinski definition) is 4. The van der Waals surface area contributed by atoms with Gasteiger partial charge in [-0.15, -0.1) is 0 Å². The predicted molar refractivity (Wildman–Crippen MR) is 92.1 cm³/mol. The first kappa shape index (κ1) is 17.0. The Labute approximate surface area is 145 Å². The first-order chi connectivity index (χ1) is 12.0. The third-order valence-corrected chi connectivity index (χ3v) is 4.39. The van der Waals surface area contributed by atoms with Gasteiger partial charge in [-0.3, -0.25) is 10.1 Å². The largest absolute Gasteiger partial charge is 0.449 e. The monoisotopic (exact) mass is 343 g/mol. The zero-order valence-electron chi connectivity index (χ0n) is 14.0. The number of aromatic amines is 1. The summed E-state index contributed by atoms with van der Waals surface area (Å²) in [5.74, 6) is -1.26. The lowest BCUT2D eigenvalue weighted by Gasteiger charge is -2.15. The van der Waals surface area contributed by atoms with Gasteiger partial charge in [-0.1, -0.05) is 31.0 Å². The number of fused-ring (bicyclic) bond motifs is 1. The number of H-pyrrole nitrogens is 1. The lowest BCUT2D eigenvalue weighted by Crippen LogP contribution is -2.47. The number of amides is 3. The molecule has 1 aromatic carbocycles. The van der Waals surface area contributed by atoms with Gasteiger partial charge < -0.3 is 15.0 Å². The van der Waals surface area contributed by atoms with Crippen LogP contribution in [0.25, 0.3) is 10.9 Å². The van der Waals surface area contributed by atoms with Gasteiger partial charge in [0.05, 0.1) is 5.56 Å². The second kappa shape index (κ2) is 7.38. The lowest BCUT2D eigenvalue weighted by molar-refractivity contribution is -0.127. The standard InChI is InChI=1S/C18H21N3O4/c1-11(16(22)21-18(24)20-12-6-2-3-7-12)25-17(23)14-10-19-15-9-5-4-8-13(14)15/h4-5,8-12,19H,2-3,6-7H2,1H3,(H2,20,21,22,24)/t11-/m0/s1. The number of para-hydroxylation sites is 1. The summed E-state index contributed by atoms with van der Waals surface area (Å²) in [6.07, 6.45) is 4.48. The Balaban J connectivity index is 1.55. The van der Waals surface area contributed by atoms with E-state index >= 15 is 0 Å². The van der Waals surface area contributed by atoms with E-state index in [4.69, 9.17) is 4.74 Å². The molecule has 3 amide bonds. The van der Waals surface area contributed by atoms with Crippen molar-refractivity contribution in [3.8, 4) is 0 Å². The molecule has 1 saturated carbocycles. The molecule has 1 heterocycles. The van der Waals surface area contributed by atoms with E-state index in [1.807, 2.05) is 18.2 Å². The zero-order chi connectivity index (χ0) is 17.8. The van der Waals surface area contributed by atoms with Crippen molar-refractivity contribution in [1.82, 2.24) is 15.6 Å². The van der Waals surface area contributed by atoms with Crippen LogP contribution in [0.4, 0.5) is 4.79 Å². The van der Waals surface area contributed by atoms with Crippen molar-refractivity contribution in [3.63, 3.8) is 0 Å². The molecule has 0 spiro atoms. The first-order valence-electron chi connectivity index (χ1n) is 8.43. The predicted octanol–water partition coefficient (Wildman–Crippen LogP) is 2.48. The van der Waals surface area contributed by atoms with Crippen LogP contribution in [0.15, 0.2) is 30.5 Å². The molecule has 0 bridgehead atoms. The molecule has 1 atom stereocenters. The van der Waals surface area contributed by atoms with Crippen molar-refractivity contribution >= 4 is 28.8 Å². The maximum absolute atomic E-state index is 12.3. The summed E-state index contributed by atoms with van der Waals surface area (Å²) in [5.41, 5.74) is 1.16. The molecule has 1 aliphatic rings. The zero-order valence-corrected chi connectivity index (χ0v) is 14.0. The second-order valence-corrected chi connectivity index (χ2v) is 6.24. The topological polar surface area (TPSA) is 100 Å². The number of rotatable bonds is 4. The number of esters is 1. The maximum atomic E-state index is 12.3. The summed E-state index contributed by atoms with van der Waals surface area (Å²) in [7, 11) is 0. The lowest BCUT2D eigenvalue weighted by atomic mass is 10.2. The van der Waals surface area contributed by atoms with Crippen LogP contribution in [-0.4, -0.2) is 35.0 Å². The van der Waals surface area contributed by atoms with Gasteiger partial charge in [0.1, 0.15) is 0 Å². The number of imide groups is 1. The van der Waals surface area contributed by atoms with E-state index in [-0.39, 0.29) is 6.04 Å². The van der Waals surface area contributed by atoms with Gasteiger partial charge in [0.25, 0.3) is 5.91 Å². The first-order valence-corrected chi connectivity index (χ1v) is 8.43. The maximum Gasteiger partial charge on any atom is 0.341 e. The Morgan fingerprint density at radius 2 is 1.92 bits per heavy atom. The van der Waals surface area contributed by atoms with Gasteiger partial charge in [0.2, 0.25) is 0 Å². The summed E-state index contributed by atoms with van der Waals surface area (Å²) in [4.78, 5) is 39.1. The molecule has 2 aromatic rings. The SMILES string of the molecule is C[C@H](OC(=O)c1c[nH]c2ccccc12)C(=O)NC(=O)NC1CCCC1. The highest BCUT2D eigenvalue weighted by Gasteiger charge is 2.24. The van der Waals surface area contributed by atoms with Crippen molar-refractivity contribution in [2.75, 3.05) is 0 Å². The minimum absolute atomic E-state index is 0.108. The van der Waals surface area contributed by atoms with E-state index in [2.05, 4.69) is 15.6 Å². The van der Waals surface area contributed by atoms with Crippen LogP contribution in [-0.2, 0) is 9.53 Å². The van der Waals surface area contributed by atoms with Crippen LogP contribution >= 0.6 is 0 Å². The number of nitrogens with one attached hydrogen (secondary N) is 3. The molecule has 0 unspecified atom stereocenters. The van der Waals surface area contributed by atoms with Gasteiger partial charge in [0, 0.05) is 23.1 Å². The van der Waals surface area contributed by atoms with E-state index in [1.165, 1.54) is 6.92 Å². The van der Waals surface area contributed by atoms with Gasteiger partial charge in [0.15, 0.2) is 6.10 Å². The fraction of sp³-hybridized carbons (Fsp3) is 0.389. The molecule has 7 nitrogen and oxygen atoms in total. The van der Waals surface area contributed by atoms with Gasteiger partial charge in [-0.2, -0.15) is 0 Å². The van der Waals surface area contributed by atoms with Gasteiger partial charge in [-0.05, 0) is 25.8 Å². The normalized spacial score (nSPS) is 15.7. The molecule has 1 fully saturated rings. The van der Waals surface area contributed by atoms with Crippen molar-refractivity contribution in [3.05, 3.63) is 36.0 Å². The minimum Gasteiger partial charge on any atom is -0.449 e. The molecule has 1 aliphatic carbocycles. The van der Waals surface area contributed by atoms with Gasteiger partial charge >= 0.3 is 12.0 Å². The van der Waals surface area contributed by atoms with Crippen molar-refractivity contribution in [2.24, 2.45) is 0 Å². The van der Waals surface area contributed by atoms with Crippen LogP contribution in [0.3, 0.4) is 0 Å². The third-order valence-electron chi connectivity index (χ3n) is 4.39. The van der Waals surface area contributed by atoms with Crippen LogP contribution < -0.4 is 10.6 Å². The van der Waals surface area contributed by atoms with E-state index in [9.17, 15) is 14.4 Å². The molecule has 7 heteroatoms. The molecule has 132 valence electrons. The van der Waals surface area contributed by atoms with Crippen LogP contribution in [0.2, 0.25) is 0 Å². The van der Waals surface area contributed by atoms with Crippen molar-refractivity contribution in [2.45, 2.75) is 44.8 Å². The number of ether oxygens (including phenoxy) is 1. The highest BCUT2D eigenvalue weighted by Crippen LogP contribution is 2.19. The Morgan fingerprint density at radius 1 is 1.20 bits per heavy atom.